The van der Waals surface area contributed by atoms with Crippen LogP contribution in [0.4, 0.5) is 0 Å². The number of nitrogens with one attached hydrogen (secondary N) is 3. The zero-order valence-electron chi connectivity index (χ0n) is 28.9. The van der Waals surface area contributed by atoms with Gasteiger partial charge in [0.1, 0.15) is 12.1 Å². The van der Waals surface area contributed by atoms with Gasteiger partial charge in [0.25, 0.3) is 5.91 Å². The molecule has 5 amide bonds. The molecule has 0 aliphatic carbocycles. The summed E-state index contributed by atoms with van der Waals surface area (Å²) in [6.45, 7) is 3.34. The van der Waals surface area contributed by atoms with Gasteiger partial charge in [-0.3, -0.25) is 24.0 Å². The van der Waals surface area contributed by atoms with Crippen molar-refractivity contribution in [3.05, 3.63) is 53.6 Å². The summed E-state index contributed by atoms with van der Waals surface area (Å²) in [6, 6.07) is 10.8. The minimum Gasteiger partial charge on any atom is -0.493 e. The number of carbonyl (C=O) groups excluding carboxylic acids is 5. The van der Waals surface area contributed by atoms with Crippen LogP contribution in [0.1, 0.15) is 31.4 Å². The van der Waals surface area contributed by atoms with Crippen molar-refractivity contribution in [3.63, 3.8) is 0 Å². The molecule has 2 fully saturated rings. The van der Waals surface area contributed by atoms with Crippen LogP contribution in [0.25, 0.3) is 0 Å². The number of ether oxygens (including phenoxy) is 4. The lowest BCUT2D eigenvalue weighted by Crippen LogP contribution is -2.59. The molecule has 14 heteroatoms. The van der Waals surface area contributed by atoms with Gasteiger partial charge in [0.05, 0.1) is 40.5 Å². The molecule has 2 aromatic rings. The molecule has 0 radical (unpaired) electrons. The maximum Gasteiger partial charge on any atom is 0.251 e. The summed E-state index contributed by atoms with van der Waals surface area (Å²) in [5, 5.41) is 8.38. The van der Waals surface area contributed by atoms with Crippen LogP contribution < -0.4 is 30.2 Å². The van der Waals surface area contributed by atoms with E-state index in [4.69, 9.17) is 18.9 Å². The van der Waals surface area contributed by atoms with E-state index in [-0.39, 0.29) is 50.8 Å². The lowest BCUT2D eigenvalue weighted by molar-refractivity contribution is -0.157. The largest absolute Gasteiger partial charge is 0.493 e. The van der Waals surface area contributed by atoms with E-state index in [0.717, 1.165) is 11.1 Å². The Morgan fingerprint density at radius 2 is 1.59 bits per heavy atom. The van der Waals surface area contributed by atoms with Crippen LogP contribution in [0.5, 0.6) is 17.2 Å². The van der Waals surface area contributed by atoms with Gasteiger partial charge in [-0.05, 0) is 35.6 Å². The number of hydrogen-bond acceptors (Lipinski definition) is 9. The lowest BCUT2D eigenvalue weighted by atomic mass is 10.0. The summed E-state index contributed by atoms with van der Waals surface area (Å²) in [6.07, 6.45) is -1.24. The first-order chi connectivity index (χ1) is 23.4. The first-order valence-electron chi connectivity index (χ1n) is 16.3. The molecule has 0 aromatic heterocycles. The Morgan fingerprint density at radius 3 is 2.20 bits per heavy atom. The second kappa shape index (κ2) is 17.0. The van der Waals surface area contributed by atoms with Crippen molar-refractivity contribution in [2.24, 2.45) is 5.92 Å². The lowest BCUT2D eigenvalue weighted by Gasteiger charge is -2.38. The fourth-order valence-electron chi connectivity index (χ4n) is 5.94. The molecule has 2 saturated heterocycles. The molecule has 0 unspecified atom stereocenters. The molecule has 0 saturated carbocycles. The van der Waals surface area contributed by atoms with Crippen LogP contribution in [-0.4, -0.2) is 118 Å². The minimum absolute atomic E-state index is 0.00929. The fraction of sp³-hybridized carbons (Fsp3) is 0.514. The molecule has 4 rings (SSSR count). The summed E-state index contributed by atoms with van der Waals surface area (Å²) in [7, 11) is 6.01. The molecule has 4 atom stereocenters. The molecule has 2 bridgehead atoms. The molecule has 3 N–H and O–H groups in total. The molecule has 2 aliphatic rings. The predicted molar refractivity (Wildman–Crippen MR) is 179 cm³/mol. The third kappa shape index (κ3) is 9.62. The Bertz CT molecular complexity index is 1480. The summed E-state index contributed by atoms with van der Waals surface area (Å²) in [5.41, 5.74) is 1.59. The van der Waals surface area contributed by atoms with Crippen molar-refractivity contribution < 1.29 is 42.9 Å². The molecular weight excluding hydrogens is 634 g/mol. The van der Waals surface area contributed by atoms with E-state index in [2.05, 4.69) is 16.0 Å². The van der Waals surface area contributed by atoms with E-state index in [1.54, 1.807) is 30.9 Å². The number of morpholine rings is 1. The Hall–Kier alpha value is -4.85. The van der Waals surface area contributed by atoms with E-state index in [9.17, 15) is 24.0 Å². The van der Waals surface area contributed by atoms with E-state index in [0.29, 0.717) is 23.7 Å². The second-order valence-corrected chi connectivity index (χ2v) is 12.6. The standard InChI is InChI=1S/C35H47N5O9/c1-21(2)31-34(44)36-17-24-18-40(30(42)13-12-23-15-26(46-4)32(48-6)27(16-23)47-5)19-28(49-24)33(43)37-25(14-22-10-8-7-9-11-22)35(45)39(3)20-29(41)38-31/h7-11,15-16,21,24-25,28,31H,12-14,17-20H2,1-6H3,(H,36,44)(H,37,43)(H,38,41)/t24-,25+,28+,31-/m0/s1. The van der Waals surface area contributed by atoms with Gasteiger partial charge in [-0.25, -0.2) is 0 Å². The van der Waals surface area contributed by atoms with E-state index >= 15 is 0 Å². The Kier molecular flexibility index (Phi) is 12.8. The number of likely N-dealkylation sites (N-methyl/N-ethyl adjacent to an activating group) is 1. The Morgan fingerprint density at radius 1 is 0.918 bits per heavy atom. The van der Waals surface area contributed by atoms with Crippen molar-refractivity contribution in [2.45, 2.75) is 57.4 Å². The molecule has 2 aromatic carbocycles. The number of fused-ring (bicyclic) bond motifs is 2. The Balaban J connectivity index is 1.59. The molecule has 2 heterocycles. The van der Waals surface area contributed by atoms with Gasteiger partial charge in [0.2, 0.25) is 29.4 Å². The number of nitrogens with zero attached hydrogens (tertiary/aromatic N) is 2. The molecule has 0 spiro atoms. The smallest absolute Gasteiger partial charge is 0.251 e. The van der Waals surface area contributed by atoms with E-state index < -0.39 is 47.9 Å². The van der Waals surface area contributed by atoms with Gasteiger partial charge >= 0.3 is 0 Å². The summed E-state index contributed by atoms with van der Waals surface area (Å²) < 4.78 is 22.4. The normalized spacial score (nSPS) is 22.3. The predicted octanol–water partition coefficient (Wildman–Crippen LogP) is 0.698. The average molecular weight is 682 g/mol. The van der Waals surface area contributed by atoms with E-state index in [1.165, 1.54) is 33.3 Å². The van der Waals surface area contributed by atoms with Gasteiger partial charge in [-0.15, -0.1) is 0 Å². The first-order valence-corrected chi connectivity index (χ1v) is 16.3. The monoisotopic (exact) mass is 681 g/mol. The van der Waals surface area contributed by atoms with E-state index in [1.807, 2.05) is 30.3 Å². The van der Waals surface area contributed by atoms with Crippen LogP contribution in [-0.2, 0) is 41.6 Å². The summed E-state index contributed by atoms with van der Waals surface area (Å²) in [4.78, 5) is 70.1. The fourth-order valence-corrected chi connectivity index (χ4v) is 5.94. The number of methoxy groups -OCH3 is 3. The molecule has 266 valence electrons. The third-order valence-corrected chi connectivity index (χ3v) is 8.59. The summed E-state index contributed by atoms with van der Waals surface area (Å²) in [5.74, 6) is -1.14. The minimum atomic E-state index is -1.12. The van der Waals surface area contributed by atoms with Crippen molar-refractivity contribution >= 4 is 29.5 Å². The number of benzene rings is 2. The number of amides is 5. The van der Waals surface area contributed by atoms with Gasteiger partial charge < -0.3 is 44.7 Å². The molecular formula is C35H47N5O9. The van der Waals surface area contributed by atoms with Crippen molar-refractivity contribution in [1.29, 1.82) is 0 Å². The SMILES string of the molecule is COc1cc(CCC(=O)N2C[C@@H]3CNC(=O)[C@H](C(C)C)NC(=O)CN(C)C(=O)[C@@H](Cc4ccccc4)NC(=O)[C@@H](C2)O3)cc(OC)c1OC. The van der Waals surface area contributed by atoms with Gasteiger partial charge in [-0.2, -0.15) is 0 Å². The van der Waals surface area contributed by atoms with Crippen LogP contribution in [0.3, 0.4) is 0 Å². The van der Waals surface area contributed by atoms with Crippen molar-refractivity contribution in [3.8, 4) is 17.2 Å². The maximum atomic E-state index is 13.8. The number of hydrogen-bond donors (Lipinski definition) is 3. The zero-order valence-corrected chi connectivity index (χ0v) is 28.9. The number of aryl methyl sites for hydroxylation is 1. The first kappa shape index (κ1) is 37.0. The zero-order chi connectivity index (χ0) is 35.7. The highest BCUT2D eigenvalue weighted by Crippen LogP contribution is 2.38. The highest BCUT2D eigenvalue weighted by molar-refractivity contribution is 5.93. The van der Waals surface area contributed by atoms with Crippen LogP contribution in [0, 0.1) is 5.92 Å². The highest BCUT2D eigenvalue weighted by Gasteiger charge is 2.38. The average Bonchev–Trinajstić information content (AvgIpc) is 3.10. The van der Waals surface area contributed by atoms with Crippen LogP contribution >= 0.6 is 0 Å². The van der Waals surface area contributed by atoms with Gasteiger partial charge in [-0.1, -0.05) is 44.2 Å². The Labute approximate surface area is 286 Å². The maximum absolute atomic E-state index is 13.8. The van der Waals surface area contributed by atoms with Crippen molar-refractivity contribution in [2.75, 3.05) is 54.6 Å². The van der Waals surface area contributed by atoms with Gasteiger partial charge in [0, 0.05) is 33.0 Å². The van der Waals surface area contributed by atoms with Crippen LogP contribution in [0.2, 0.25) is 0 Å². The highest BCUT2D eigenvalue weighted by atomic mass is 16.5. The van der Waals surface area contributed by atoms with Crippen LogP contribution in [0.15, 0.2) is 42.5 Å². The third-order valence-electron chi connectivity index (χ3n) is 8.59. The molecule has 49 heavy (non-hydrogen) atoms. The number of rotatable bonds is 9. The second-order valence-electron chi connectivity index (χ2n) is 12.6. The van der Waals surface area contributed by atoms with Crippen molar-refractivity contribution in [1.82, 2.24) is 25.8 Å². The topological polar surface area (TPSA) is 165 Å². The quantitative estimate of drug-likeness (QED) is 0.346. The molecule has 2 aliphatic heterocycles. The summed E-state index contributed by atoms with van der Waals surface area (Å²) >= 11 is 0. The van der Waals surface area contributed by atoms with Gasteiger partial charge in [0.15, 0.2) is 17.6 Å². The molecule has 14 nitrogen and oxygen atoms in total. The number of carbonyl (C=O) groups is 5.